The summed E-state index contributed by atoms with van der Waals surface area (Å²) in [6, 6.07) is 126. The normalized spacial score (nSPS) is 12.8. The molecule has 0 fully saturated rings. The van der Waals surface area contributed by atoms with Gasteiger partial charge in [-0.05, 0) is 165 Å². The highest BCUT2D eigenvalue weighted by atomic mass is 15.3. The van der Waals surface area contributed by atoms with Gasteiger partial charge in [-0.2, -0.15) is 0 Å². The van der Waals surface area contributed by atoms with E-state index in [0.29, 0.717) is 0 Å². The zero-order valence-electron chi connectivity index (χ0n) is 51.0. The van der Waals surface area contributed by atoms with Crippen LogP contribution in [0.1, 0.15) is 0 Å². The molecule has 18 aromatic rings. The Morgan fingerprint density at radius 1 is 0.160 bits per heavy atom. The molecule has 20 rings (SSSR count). The summed E-state index contributed by atoms with van der Waals surface area (Å²) in [4.78, 5) is 10.0. The molecule has 0 N–H and O–H groups in total. The van der Waals surface area contributed by atoms with Gasteiger partial charge < -0.3 is 28.7 Å². The maximum Gasteiger partial charge on any atom is 0.0724 e. The zero-order valence-corrected chi connectivity index (χ0v) is 51.0. The fourth-order valence-electron chi connectivity index (χ4n) is 15.8. The van der Waals surface area contributed by atoms with E-state index >= 15 is 0 Å². The van der Waals surface area contributed by atoms with E-state index in [1.54, 1.807) is 0 Å². The van der Waals surface area contributed by atoms with Gasteiger partial charge in [0.15, 0.2) is 0 Å². The lowest BCUT2D eigenvalue weighted by Gasteiger charge is -2.41. The SMILES string of the molecule is c1ccc(-c2cccc(-n3c4ccccc4c4cc5c(cc43)N(c3ccc4ccc6c(N7c8ccccc8N(c8ccccc8)c8cc9c%10ccccc%10n(-c%10cccc(-c%11ccccc%11)c%10)c9cc87)ccc7ccc3c4c76)c3ccccc3N5c3ccccc3)c2)cc1. The molecule has 0 saturated heterocycles. The summed E-state index contributed by atoms with van der Waals surface area (Å²) in [7, 11) is 0. The van der Waals surface area contributed by atoms with Crippen molar-refractivity contribution in [1.82, 2.24) is 9.13 Å². The minimum Gasteiger partial charge on any atom is -0.309 e. The van der Waals surface area contributed by atoms with Gasteiger partial charge in [-0.3, -0.25) is 0 Å². The first-order valence-electron chi connectivity index (χ1n) is 32.3. The lowest BCUT2D eigenvalue weighted by atomic mass is 9.91. The third-order valence-electron chi connectivity index (χ3n) is 19.8. The molecule has 0 unspecified atom stereocenters. The Labute approximate surface area is 543 Å². The molecule has 6 nitrogen and oxygen atoms in total. The highest BCUT2D eigenvalue weighted by molar-refractivity contribution is 6.29. The number of nitrogens with zero attached hydrogens (tertiary/aromatic N) is 6. The van der Waals surface area contributed by atoms with Crippen LogP contribution in [0.25, 0.3) is 110 Å². The van der Waals surface area contributed by atoms with Crippen molar-refractivity contribution in [2.75, 3.05) is 19.6 Å². The smallest absolute Gasteiger partial charge is 0.0724 e. The summed E-state index contributed by atoms with van der Waals surface area (Å²) in [6.45, 7) is 0. The Morgan fingerprint density at radius 3 is 0.915 bits per heavy atom. The van der Waals surface area contributed by atoms with Gasteiger partial charge in [0, 0.05) is 55.1 Å². The molecule has 438 valence electrons. The fraction of sp³-hybridized carbons (Fsp3) is 0. The number of anilines is 12. The predicted octanol–water partition coefficient (Wildman–Crippen LogP) is 24.6. The van der Waals surface area contributed by atoms with Crippen LogP contribution in [0, 0.1) is 0 Å². The molecule has 0 spiro atoms. The molecule has 16 aromatic carbocycles. The number of fused-ring (bicyclic) bond motifs is 10. The van der Waals surface area contributed by atoms with Gasteiger partial charge >= 0.3 is 0 Å². The lowest BCUT2D eigenvalue weighted by Crippen LogP contribution is -2.24. The molecular formula is C88H56N6. The van der Waals surface area contributed by atoms with E-state index in [4.69, 9.17) is 0 Å². The first kappa shape index (κ1) is 52.2. The summed E-state index contributed by atoms with van der Waals surface area (Å²) >= 11 is 0. The maximum atomic E-state index is 2.55. The molecule has 94 heavy (non-hydrogen) atoms. The molecule has 2 aliphatic heterocycles. The Morgan fingerprint density at radius 2 is 0.489 bits per heavy atom. The number of para-hydroxylation sites is 8. The molecule has 2 aliphatic rings. The molecule has 0 saturated carbocycles. The van der Waals surface area contributed by atoms with E-state index < -0.39 is 0 Å². The van der Waals surface area contributed by atoms with Crippen LogP contribution in [0.4, 0.5) is 68.2 Å². The Bertz CT molecular complexity index is 5700. The van der Waals surface area contributed by atoms with Crippen LogP contribution < -0.4 is 19.6 Å². The van der Waals surface area contributed by atoms with E-state index in [9.17, 15) is 0 Å². The van der Waals surface area contributed by atoms with Crippen LogP contribution in [-0.2, 0) is 0 Å². The molecule has 6 heteroatoms. The highest BCUT2D eigenvalue weighted by Gasteiger charge is 2.36. The third-order valence-corrected chi connectivity index (χ3v) is 19.8. The first-order valence-corrected chi connectivity index (χ1v) is 32.3. The molecule has 4 heterocycles. The van der Waals surface area contributed by atoms with Crippen molar-refractivity contribution >= 4 is 144 Å². The predicted molar refractivity (Wildman–Crippen MR) is 396 cm³/mol. The second kappa shape index (κ2) is 20.4. The van der Waals surface area contributed by atoms with Crippen molar-refractivity contribution in [3.8, 4) is 33.6 Å². The molecular weight excluding hydrogens is 1140 g/mol. The van der Waals surface area contributed by atoms with Crippen molar-refractivity contribution in [3.05, 3.63) is 340 Å². The van der Waals surface area contributed by atoms with Gasteiger partial charge in [-0.1, -0.05) is 218 Å². The average Bonchev–Trinajstić information content (AvgIpc) is 1.21. The molecule has 0 aliphatic carbocycles. The Hall–Kier alpha value is -12.6. The summed E-state index contributed by atoms with van der Waals surface area (Å²) < 4.78 is 4.94. The van der Waals surface area contributed by atoms with Gasteiger partial charge in [0.25, 0.3) is 0 Å². The van der Waals surface area contributed by atoms with Gasteiger partial charge in [-0.15, -0.1) is 0 Å². The van der Waals surface area contributed by atoms with Gasteiger partial charge in [-0.25, -0.2) is 0 Å². The number of benzene rings is 16. The average molecular weight is 1200 g/mol. The number of hydrogen-bond acceptors (Lipinski definition) is 4. The van der Waals surface area contributed by atoms with E-state index in [-0.39, 0.29) is 0 Å². The van der Waals surface area contributed by atoms with Crippen molar-refractivity contribution in [3.63, 3.8) is 0 Å². The molecule has 0 atom stereocenters. The minimum absolute atomic E-state index is 1.09. The fourth-order valence-corrected chi connectivity index (χ4v) is 15.8. The van der Waals surface area contributed by atoms with Gasteiger partial charge in [0.1, 0.15) is 0 Å². The van der Waals surface area contributed by atoms with Crippen LogP contribution in [0.3, 0.4) is 0 Å². The number of rotatable bonds is 8. The lowest BCUT2D eigenvalue weighted by molar-refractivity contribution is 1.16. The van der Waals surface area contributed by atoms with Crippen molar-refractivity contribution in [2.45, 2.75) is 0 Å². The van der Waals surface area contributed by atoms with Crippen molar-refractivity contribution < 1.29 is 0 Å². The van der Waals surface area contributed by atoms with Gasteiger partial charge in [0.05, 0.1) is 78.9 Å². The number of aromatic nitrogens is 2. The molecule has 0 bridgehead atoms. The zero-order chi connectivity index (χ0) is 61.5. The first-order chi connectivity index (χ1) is 46.7. The van der Waals surface area contributed by atoms with Crippen molar-refractivity contribution in [1.29, 1.82) is 0 Å². The molecule has 0 amide bonds. The Kier molecular flexibility index (Phi) is 11.3. The van der Waals surface area contributed by atoms with Crippen LogP contribution in [0.5, 0.6) is 0 Å². The summed E-state index contributed by atoms with van der Waals surface area (Å²) in [5, 5.41) is 12.0. The van der Waals surface area contributed by atoms with Crippen LogP contribution in [0.2, 0.25) is 0 Å². The van der Waals surface area contributed by atoms with Crippen LogP contribution >= 0.6 is 0 Å². The maximum absolute atomic E-state index is 2.55. The number of hydrogen-bond donors (Lipinski definition) is 0. The highest BCUT2D eigenvalue weighted by Crippen LogP contribution is 2.60. The molecule has 2 aromatic heterocycles. The van der Waals surface area contributed by atoms with E-state index in [0.717, 1.165) is 102 Å². The monoisotopic (exact) mass is 1200 g/mol. The molecule has 0 radical (unpaired) electrons. The van der Waals surface area contributed by atoms with Gasteiger partial charge in [0.2, 0.25) is 0 Å². The summed E-state index contributed by atoms with van der Waals surface area (Å²) in [6.07, 6.45) is 0. The quantitative estimate of drug-likeness (QED) is 0.141. The summed E-state index contributed by atoms with van der Waals surface area (Å²) in [5.74, 6) is 0. The van der Waals surface area contributed by atoms with Crippen LogP contribution in [-0.4, -0.2) is 9.13 Å². The van der Waals surface area contributed by atoms with E-state index in [1.807, 2.05) is 0 Å². The standard InChI is InChI=1S/C88H56N6/c1-5-23-57(24-6-1)61-27-21-33-65(51-61)91-73-37-15-13-35-67(73)71-53-83-85(55-81(71)91)93(79-41-19-17-39-77(79)89(83)63-29-9-3-10-30-63)75-49-45-59-44-48-70-76(50-46-60-43-47-69(75)87(59)88(60)70)94-80-42-20-18-40-78(80)90(64-31-11-4-12-32-64)84-54-72-68-36-14-16-38-74(68)92(82(72)56-86(84)94)66-34-22-28-62(52-66)58-25-7-2-8-26-58/h1-56H. The second-order valence-electron chi connectivity index (χ2n) is 24.8. The topological polar surface area (TPSA) is 22.8 Å². The Balaban J connectivity index is 0.827. The summed E-state index contributed by atoms with van der Waals surface area (Å²) in [5.41, 5.74) is 24.8. The third kappa shape index (κ3) is 7.71. The van der Waals surface area contributed by atoms with Crippen LogP contribution in [0.15, 0.2) is 340 Å². The van der Waals surface area contributed by atoms with Crippen molar-refractivity contribution in [2.24, 2.45) is 0 Å². The largest absolute Gasteiger partial charge is 0.309 e. The van der Waals surface area contributed by atoms with E-state index in [1.165, 1.54) is 76.1 Å². The minimum atomic E-state index is 1.09. The van der Waals surface area contributed by atoms with E-state index in [2.05, 4.69) is 368 Å². The second-order valence-corrected chi connectivity index (χ2v) is 24.8.